The quantitative estimate of drug-likeness (QED) is 0.474. The van der Waals surface area contributed by atoms with Crippen molar-refractivity contribution in [2.24, 2.45) is 0 Å². The maximum atomic E-state index is 13.7. The van der Waals surface area contributed by atoms with E-state index in [-0.39, 0.29) is 9.80 Å². The molecule has 150 valence electrons. The van der Waals surface area contributed by atoms with Crippen LogP contribution in [0.3, 0.4) is 0 Å². The molecule has 29 heavy (non-hydrogen) atoms. The van der Waals surface area contributed by atoms with Crippen molar-refractivity contribution < 1.29 is 13.5 Å². The van der Waals surface area contributed by atoms with Crippen LogP contribution in [0, 0.1) is 6.92 Å². The lowest BCUT2D eigenvalue weighted by Crippen LogP contribution is -2.15. The minimum absolute atomic E-state index is 0.0253. The van der Waals surface area contributed by atoms with Crippen LogP contribution in [0.15, 0.2) is 93.1 Å². The summed E-state index contributed by atoms with van der Waals surface area (Å²) in [6.07, 6.45) is -0.803. The van der Waals surface area contributed by atoms with Gasteiger partial charge in [-0.3, -0.25) is 0 Å². The van der Waals surface area contributed by atoms with Crippen LogP contribution in [0.2, 0.25) is 0 Å². The fraction of sp³-hybridized carbons (Fsp3) is 0.167. The Morgan fingerprint density at radius 1 is 0.931 bits per heavy atom. The van der Waals surface area contributed by atoms with Gasteiger partial charge in [0.15, 0.2) is 0 Å². The van der Waals surface area contributed by atoms with Gasteiger partial charge in [-0.1, -0.05) is 83.0 Å². The third-order valence-corrected chi connectivity index (χ3v) is 7.30. The third kappa shape index (κ3) is 4.69. The fourth-order valence-electron chi connectivity index (χ4n) is 3.27. The molecule has 0 saturated heterocycles. The Bertz CT molecular complexity index is 1100. The summed E-state index contributed by atoms with van der Waals surface area (Å²) in [5.41, 5.74) is 2.90. The molecule has 3 rings (SSSR count). The summed E-state index contributed by atoms with van der Waals surface area (Å²) in [6, 6.07) is 23.1. The molecule has 0 aliphatic heterocycles. The van der Waals surface area contributed by atoms with Gasteiger partial charge in [-0.05, 0) is 54.3 Å². The molecule has 0 aromatic heterocycles. The van der Waals surface area contributed by atoms with Crippen molar-refractivity contribution >= 4 is 31.3 Å². The number of halogens is 1. The molecule has 0 spiro atoms. The Kier molecular flexibility index (Phi) is 6.73. The summed E-state index contributed by atoms with van der Waals surface area (Å²) >= 11 is 3.38. The molecule has 3 aromatic rings. The molecule has 1 atom stereocenters. The van der Waals surface area contributed by atoms with Crippen LogP contribution in [0.4, 0.5) is 0 Å². The Morgan fingerprint density at radius 3 is 2.07 bits per heavy atom. The van der Waals surface area contributed by atoms with E-state index in [4.69, 9.17) is 0 Å². The van der Waals surface area contributed by atoms with Crippen molar-refractivity contribution in [2.75, 3.05) is 0 Å². The molecule has 3 nitrogen and oxygen atoms in total. The smallest absolute Gasteiger partial charge is 0.205 e. The molecule has 3 aromatic carbocycles. The van der Waals surface area contributed by atoms with E-state index in [2.05, 4.69) is 15.9 Å². The molecule has 5 heteroatoms. The molecule has 1 unspecified atom stereocenters. The lowest BCUT2D eigenvalue weighted by molar-refractivity contribution is 0.223. The molecule has 0 fully saturated rings. The molecule has 0 aliphatic carbocycles. The van der Waals surface area contributed by atoms with Crippen LogP contribution < -0.4 is 0 Å². The van der Waals surface area contributed by atoms with Crippen LogP contribution in [-0.2, 0) is 9.84 Å². The first-order chi connectivity index (χ1) is 13.8. The van der Waals surface area contributed by atoms with Crippen molar-refractivity contribution in [1.82, 2.24) is 0 Å². The maximum absolute atomic E-state index is 13.7. The Morgan fingerprint density at radius 2 is 1.52 bits per heavy atom. The first kappa shape index (κ1) is 21.5. The lowest BCUT2D eigenvalue weighted by Gasteiger charge is -2.21. The predicted octanol–water partition coefficient (Wildman–Crippen LogP) is 6.09. The van der Waals surface area contributed by atoms with Gasteiger partial charge in [0.2, 0.25) is 9.84 Å². The first-order valence-electron chi connectivity index (χ1n) is 9.38. The highest BCUT2D eigenvalue weighted by Gasteiger charge is 2.31. The lowest BCUT2D eigenvalue weighted by atomic mass is 9.99. The zero-order valence-corrected chi connectivity index (χ0v) is 18.7. The second-order valence-electron chi connectivity index (χ2n) is 6.83. The summed E-state index contributed by atoms with van der Waals surface area (Å²) < 4.78 is 28.2. The van der Waals surface area contributed by atoms with Gasteiger partial charge in [0.25, 0.3) is 0 Å². The van der Waals surface area contributed by atoms with Gasteiger partial charge in [-0.15, -0.1) is 0 Å². The average molecular weight is 471 g/mol. The van der Waals surface area contributed by atoms with E-state index in [0.717, 1.165) is 15.6 Å². The van der Waals surface area contributed by atoms with Gasteiger partial charge in [0.05, 0.1) is 9.80 Å². The van der Waals surface area contributed by atoms with E-state index in [1.165, 1.54) is 0 Å². The predicted molar refractivity (Wildman–Crippen MR) is 121 cm³/mol. The summed E-state index contributed by atoms with van der Waals surface area (Å²) in [4.78, 5) is 0.202. The Balaban J connectivity index is 2.27. The van der Waals surface area contributed by atoms with Crippen molar-refractivity contribution in [1.29, 1.82) is 0 Å². The highest BCUT2D eigenvalue weighted by atomic mass is 79.9. The highest BCUT2D eigenvalue weighted by molar-refractivity contribution is 9.10. The summed E-state index contributed by atoms with van der Waals surface area (Å²) in [6.45, 7) is 3.81. The van der Waals surface area contributed by atoms with Gasteiger partial charge in [0, 0.05) is 4.47 Å². The van der Waals surface area contributed by atoms with E-state index in [0.29, 0.717) is 17.6 Å². The summed E-state index contributed by atoms with van der Waals surface area (Å²) in [5, 5.41) is 11.2. The summed E-state index contributed by atoms with van der Waals surface area (Å²) in [7, 11) is -3.92. The number of aryl methyl sites for hydroxylation is 1. The van der Waals surface area contributed by atoms with Crippen LogP contribution in [0.5, 0.6) is 0 Å². The number of hydrogen-bond acceptors (Lipinski definition) is 3. The van der Waals surface area contributed by atoms with Gasteiger partial charge in [-0.25, -0.2) is 8.42 Å². The fourth-order valence-corrected chi connectivity index (χ4v) is 5.30. The Hall–Kier alpha value is -2.21. The van der Waals surface area contributed by atoms with E-state index in [9.17, 15) is 13.5 Å². The highest BCUT2D eigenvalue weighted by Crippen LogP contribution is 2.38. The number of hydrogen-bond donors (Lipinski definition) is 1. The number of rotatable bonds is 6. The van der Waals surface area contributed by atoms with Gasteiger partial charge in [-0.2, -0.15) is 0 Å². The molecule has 0 radical (unpaired) electrons. The standard InChI is InChI=1S/C24H23BrO3S/c1-3-22(18-7-5-4-6-8-18)24(23(26)19-11-13-20(25)14-12-19)29(27,28)21-15-9-17(2)10-16-21/h4-16,23,26H,3H2,1-2H3/b24-22-. The maximum Gasteiger partial charge on any atom is 0.205 e. The van der Waals surface area contributed by atoms with Crippen molar-refractivity contribution in [3.05, 3.63) is 105 Å². The molecule has 0 aliphatic rings. The molecular weight excluding hydrogens is 448 g/mol. The van der Waals surface area contributed by atoms with E-state index in [1.807, 2.05) is 44.2 Å². The zero-order valence-electron chi connectivity index (χ0n) is 16.3. The third-order valence-electron chi connectivity index (χ3n) is 4.83. The van der Waals surface area contributed by atoms with Crippen molar-refractivity contribution in [3.63, 3.8) is 0 Å². The molecule has 0 saturated carbocycles. The minimum atomic E-state index is -3.92. The van der Waals surface area contributed by atoms with Crippen LogP contribution >= 0.6 is 15.9 Å². The van der Waals surface area contributed by atoms with Crippen LogP contribution in [0.25, 0.3) is 5.57 Å². The SMILES string of the molecule is CC/C(=C(\C(O)c1ccc(Br)cc1)S(=O)(=O)c1ccc(C)cc1)c1ccccc1. The van der Waals surface area contributed by atoms with Crippen molar-refractivity contribution in [3.8, 4) is 0 Å². The molecule has 0 amide bonds. The minimum Gasteiger partial charge on any atom is -0.383 e. The largest absolute Gasteiger partial charge is 0.383 e. The molecule has 0 heterocycles. The number of sulfone groups is 1. The van der Waals surface area contributed by atoms with Gasteiger partial charge in [0.1, 0.15) is 6.10 Å². The Labute approximate surface area is 180 Å². The van der Waals surface area contributed by atoms with E-state index >= 15 is 0 Å². The molecule has 0 bridgehead atoms. The number of allylic oxidation sites excluding steroid dienone is 1. The topological polar surface area (TPSA) is 54.4 Å². The van der Waals surface area contributed by atoms with Gasteiger partial charge >= 0.3 is 0 Å². The van der Waals surface area contributed by atoms with E-state index in [1.54, 1.807) is 48.5 Å². The first-order valence-corrected chi connectivity index (χ1v) is 11.7. The van der Waals surface area contributed by atoms with Gasteiger partial charge < -0.3 is 5.11 Å². The number of aliphatic hydroxyl groups is 1. The molecule has 1 N–H and O–H groups in total. The van der Waals surface area contributed by atoms with Crippen molar-refractivity contribution in [2.45, 2.75) is 31.3 Å². The molecular formula is C24H23BrO3S. The normalized spacial score (nSPS) is 13.7. The zero-order chi connectivity index (χ0) is 21.0. The number of aliphatic hydroxyl groups excluding tert-OH is 1. The van der Waals surface area contributed by atoms with E-state index < -0.39 is 15.9 Å². The second-order valence-corrected chi connectivity index (χ2v) is 9.67. The van der Waals surface area contributed by atoms with Crippen LogP contribution in [-0.4, -0.2) is 13.5 Å². The summed E-state index contributed by atoms with van der Waals surface area (Å²) in [5.74, 6) is 0. The van der Waals surface area contributed by atoms with Crippen LogP contribution in [0.1, 0.15) is 36.1 Å². The number of benzene rings is 3. The average Bonchev–Trinajstić information content (AvgIpc) is 2.72. The second kappa shape index (κ2) is 9.08. The monoisotopic (exact) mass is 470 g/mol.